The van der Waals surface area contributed by atoms with E-state index in [2.05, 4.69) is 5.32 Å². The van der Waals surface area contributed by atoms with E-state index in [-0.39, 0.29) is 29.1 Å². The molecule has 41 heavy (non-hydrogen) atoms. The van der Waals surface area contributed by atoms with Crippen LogP contribution in [0.1, 0.15) is 50.2 Å². The number of carbonyl (C=O) groups is 2. The Morgan fingerprint density at radius 2 is 1.61 bits per heavy atom. The molecule has 1 atom stereocenters. The van der Waals surface area contributed by atoms with Crippen LogP contribution in [-0.4, -0.2) is 43.8 Å². The van der Waals surface area contributed by atoms with E-state index in [0.717, 1.165) is 66.2 Å². The Hall–Kier alpha value is -3.43. The maximum absolute atomic E-state index is 14.0. The van der Waals surface area contributed by atoms with Gasteiger partial charge in [0.15, 0.2) is 0 Å². The van der Waals surface area contributed by atoms with Gasteiger partial charge in [-0.1, -0.05) is 66.8 Å². The van der Waals surface area contributed by atoms with E-state index in [0.29, 0.717) is 10.6 Å². The second-order valence-electron chi connectivity index (χ2n) is 10.4. The highest BCUT2D eigenvalue weighted by atomic mass is 35.5. The minimum absolute atomic E-state index is 0.0100. The fourth-order valence-corrected chi connectivity index (χ4v) is 6.54. The minimum atomic E-state index is -4.27. The van der Waals surface area contributed by atoms with E-state index in [9.17, 15) is 22.4 Å². The molecule has 0 aromatic heterocycles. The fourth-order valence-electron chi connectivity index (χ4n) is 4.94. The van der Waals surface area contributed by atoms with Gasteiger partial charge in [0.2, 0.25) is 11.8 Å². The maximum atomic E-state index is 14.0. The van der Waals surface area contributed by atoms with Gasteiger partial charge in [-0.25, -0.2) is 12.8 Å². The molecule has 1 aliphatic carbocycles. The highest BCUT2D eigenvalue weighted by Gasteiger charge is 2.33. The molecule has 0 heterocycles. The number of amides is 2. The molecular formula is C31H35ClFN3O4S. The van der Waals surface area contributed by atoms with Gasteiger partial charge in [-0.15, -0.1) is 0 Å². The highest BCUT2D eigenvalue weighted by Crippen LogP contribution is 2.26. The number of hydrogen-bond donors (Lipinski definition) is 1. The molecule has 0 aliphatic heterocycles. The van der Waals surface area contributed by atoms with Crippen LogP contribution in [0.25, 0.3) is 0 Å². The summed E-state index contributed by atoms with van der Waals surface area (Å²) >= 11 is 6.42. The molecule has 1 fully saturated rings. The van der Waals surface area contributed by atoms with Crippen molar-refractivity contribution in [1.29, 1.82) is 0 Å². The second kappa shape index (κ2) is 13.5. The lowest BCUT2D eigenvalue weighted by atomic mass is 9.95. The molecule has 0 saturated heterocycles. The zero-order valence-corrected chi connectivity index (χ0v) is 24.8. The van der Waals surface area contributed by atoms with Gasteiger partial charge in [-0.3, -0.25) is 13.9 Å². The van der Waals surface area contributed by atoms with Crippen LogP contribution in [0.5, 0.6) is 0 Å². The van der Waals surface area contributed by atoms with E-state index >= 15 is 0 Å². The van der Waals surface area contributed by atoms with Crippen LogP contribution in [0.4, 0.5) is 10.1 Å². The van der Waals surface area contributed by atoms with Crippen LogP contribution < -0.4 is 9.62 Å². The highest BCUT2D eigenvalue weighted by molar-refractivity contribution is 7.92. The molecule has 3 aromatic carbocycles. The first kappa shape index (κ1) is 30.5. The zero-order valence-electron chi connectivity index (χ0n) is 23.2. The number of benzene rings is 3. The molecule has 0 spiro atoms. The Bertz CT molecular complexity index is 1460. The summed E-state index contributed by atoms with van der Waals surface area (Å²) in [6.07, 6.45) is 4.97. The molecular weight excluding hydrogens is 565 g/mol. The third-order valence-corrected chi connectivity index (χ3v) is 9.58. The summed E-state index contributed by atoms with van der Waals surface area (Å²) in [6.45, 7) is 2.94. The van der Waals surface area contributed by atoms with Crippen LogP contribution in [0.15, 0.2) is 77.7 Å². The number of carbonyl (C=O) groups excluding carboxylic acids is 2. The first-order chi connectivity index (χ1) is 19.6. The topological polar surface area (TPSA) is 86.8 Å². The van der Waals surface area contributed by atoms with Crippen molar-refractivity contribution >= 4 is 39.1 Å². The fraction of sp³-hybridized carbons (Fsp3) is 0.355. The van der Waals surface area contributed by atoms with Crippen LogP contribution in [0.3, 0.4) is 0 Å². The maximum Gasteiger partial charge on any atom is 0.264 e. The van der Waals surface area contributed by atoms with Crippen molar-refractivity contribution in [3.63, 3.8) is 0 Å². The predicted octanol–water partition coefficient (Wildman–Crippen LogP) is 5.85. The Morgan fingerprint density at radius 1 is 0.976 bits per heavy atom. The van der Waals surface area contributed by atoms with E-state index in [4.69, 9.17) is 11.6 Å². The quantitative estimate of drug-likeness (QED) is 0.317. The summed E-state index contributed by atoms with van der Waals surface area (Å²) in [6, 6.07) is 17.3. The van der Waals surface area contributed by atoms with Crippen molar-refractivity contribution in [1.82, 2.24) is 10.2 Å². The standard InChI is InChI=1S/C31H35ClFN3O4S/c1-22-12-16-27(17-13-22)36(41(39,40)28-18-14-25(33)15-19-28)21-30(37)35(20-24-8-6-7-11-29(24)32)23(2)31(38)34-26-9-4-3-5-10-26/h6-8,11-19,23,26H,3-5,9-10,20-21H2,1-2H3,(H,34,38)/t23-/m1/s1. The summed E-state index contributed by atoms with van der Waals surface area (Å²) in [5.41, 5.74) is 1.81. The Balaban J connectivity index is 1.68. The number of nitrogens with zero attached hydrogens (tertiary/aromatic N) is 2. The van der Waals surface area contributed by atoms with Gasteiger partial charge in [-0.05, 0) is 74.7 Å². The van der Waals surface area contributed by atoms with Gasteiger partial charge in [0.25, 0.3) is 10.0 Å². The average Bonchev–Trinajstić information content (AvgIpc) is 2.96. The molecule has 4 rings (SSSR count). The van der Waals surface area contributed by atoms with Crippen molar-refractivity contribution in [2.75, 3.05) is 10.8 Å². The van der Waals surface area contributed by atoms with Gasteiger partial charge in [0, 0.05) is 17.6 Å². The second-order valence-corrected chi connectivity index (χ2v) is 12.7. The summed E-state index contributed by atoms with van der Waals surface area (Å²) in [4.78, 5) is 28.6. The predicted molar refractivity (Wildman–Crippen MR) is 159 cm³/mol. The van der Waals surface area contributed by atoms with Crippen LogP contribution in [0, 0.1) is 12.7 Å². The monoisotopic (exact) mass is 599 g/mol. The first-order valence-corrected chi connectivity index (χ1v) is 15.6. The number of hydrogen-bond acceptors (Lipinski definition) is 4. The van der Waals surface area contributed by atoms with Crippen LogP contribution >= 0.6 is 11.6 Å². The van der Waals surface area contributed by atoms with Crippen molar-refractivity contribution in [2.45, 2.75) is 69.5 Å². The molecule has 0 unspecified atom stereocenters. The number of rotatable bonds is 10. The van der Waals surface area contributed by atoms with Crippen molar-refractivity contribution in [3.8, 4) is 0 Å². The Kier molecular flexibility index (Phi) is 10.0. The molecule has 1 N–H and O–H groups in total. The van der Waals surface area contributed by atoms with E-state index in [1.54, 1.807) is 55.5 Å². The Morgan fingerprint density at radius 3 is 2.24 bits per heavy atom. The molecule has 0 radical (unpaired) electrons. The SMILES string of the molecule is Cc1ccc(N(CC(=O)N(Cc2ccccc2Cl)[C@H](C)C(=O)NC2CCCCC2)S(=O)(=O)c2ccc(F)cc2)cc1. The van der Waals surface area contributed by atoms with Gasteiger partial charge in [-0.2, -0.15) is 0 Å². The largest absolute Gasteiger partial charge is 0.352 e. The number of halogens is 2. The number of anilines is 1. The third kappa shape index (κ3) is 7.65. The lowest BCUT2D eigenvalue weighted by Crippen LogP contribution is -2.53. The molecule has 10 heteroatoms. The lowest BCUT2D eigenvalue weighted by Gasteiger charge is -2.33. The number of sulfonamides is 1. The van der Waals surface area contributed by atoms with Crippen molar-refractivity contribution < 1.29 is 22.4 Å². The number of nitrogens with one attached hydrogen (secondary N) is 1. The van der Waals surface area contributed by atoms with E-state index < -0.39 is 34.3 Å². The van der Waals surface area contributed by atoms with Crippen LogP contribution in [0.2, 0.25) is 5.02 Å². The summed E-state index contributed by atoms with van der Waals surface area (Å²) in [7, 11) is -4.27. The van der Waals surface area contributed by atoms with Crippen molar-refractivity contribution in [2.24, 2.45) is 0 Å². The molecule has 3 aromatic rings. The minimum Gasteiger partial charge on any atom is -0.352 e. The molecule has 7 nitrogen and oxygen atoms in total. The normalized spacial score (nSPS) is 14.7. The van der Waals surface area contributed by atoms with E-state index in [1.165, 1.54) is 4.90 Å². The molecule has 1 saturated carbocycles. The van der Waals surface area contributed by atoms with Crippen molar-refractivity contribution in [3.05, 3.63) is 94.8 Å². The third-order valence-electron chi connectivity index (χ3n) is 7.42. The molecule has 0 bridgehead atoms. The zero-order chi connectivity index (χ0) is 29.6. The van der Waals surface area contributed by atoms with Gasteiger partial charge >= 0.3 is 0 Å². The van der Waals surface area contributed by atoms with E-state index in [1.807, 2.05) is 6.92 Å². The lowest BCUT2D eigenvalue weighted by molar-refractivity contribution is -0.139. The van der Waals surface area contributed by atoms with Gasteiger partial charge in [0.05, 0.1) is 10.6 Å². The molecule has 2 amide bonds. The smallest absolute Gasteiger partial charge is 0.264 e. The average molecular weight is 600 g/mol. The Labute approximate surface area is 246 Å². The first-order valence-electron chi connectivity index (χ1n) is 13.7. The van der Waals surface area contributed by atoms with Crippen LogP contribution in [-0.2, 0) is 26.2 Å². The summed E-state index contributed by atoms with van der Waals surface area (Å²) < 4.78 is 42.2. The molecule has 1 aliphatic rings. The van der Waals surface area contributed by atoms with Gasteiger partial charge in [0.1, 0.15) is 18.4 Å². The number of aryl methyl sites for hydroxylation is 1. The summed E-state index contributed by atoms with van der Waals surface area (Å²) in [5, 5.41) is 3.50. The van der Waals surface area contributed by atoms with Gasteiger partial charge < -0.3 is 10.2 Å². The summed E-state index contributed by atoms with van der Waals surface area (Å²) in [5.74, 6) is -1.46. The molecule has 218 valence electrons.